The van der Waals surface area contributed by atoms with Crippen LogP contribution >= 0.6 is 0 Å². The van der Waals surface area contributed by atoms with Gasteiger partial charge in [0.05, 0.1) is 17.5 Å². The van der Waals surface area contributed by atoms with Gasteiger partial charge in [-0.2, -0.15) is 4.31 Å². The van der Waals surface area contributed by atoms with E-state index in [1.54, 1.807) is 17.5 Å². The van der Waals surface area contributed by atoms with E-state index in [2.05, 4.69) is 4.90 Å². The molecule has 4 rings (SSSR count). The zero-order valence-electron chi connectivity index (χ0n) is 17.9. The summed E-state index contributed by atoms with van der Waals surface area (Å²) in [5, 5.41) is 0. The number of nitrogens with zero attached hydrogens (tertiary/aromatic N) is 3. The number of fused-ring (bicyclic) bond motifs is 1. The molecule has 0 saturated carbocycles. The molecule has 1 aromatic carbocycles. The number of carbonyl (C=O) groups is 1. The van der Waals surface area contributed by atoms with Crippen LogP contribution in [-0.4, -0.2) is 87.5 Å². The number of hydrogen-bond donors (Lipinski definition) is 0. The molecular weight excluding hydrogens is 402 g/mol. The number of ether oxygens (including phenoxy) is 1. The van der Waals surface area contributed by atoms with Gasteiger partial charge in [-0.05, 0) is 61.8 Å². The van der Waals surface area contributed by atoms with Crippen molar-refractivity contribution in [3.8, 4) is 0 Å². The summed E-state index contributed by atoms with van der Waals surface area (Å²) in [4.78, 5) is 17.2. The van der Waals surface area contributed by atoms with Gasteiger partial charge in [-0.25, -0.2) is 8.42 Å². The Bertz CT molecular complexity index is 873. The van der Waals surface area contributed by atoms with Crippen LogP contribution in [0, 0.1) is 0 Å². The summed E-state index contributed by atoms with van der Waals surface area (Å²) in [6.45, 7) is 4.21. The van der Waals surface area contributed by atoms with Gasteiger partial charge >= 0.3 is 0 Å². The van der Waals surface area contributed by atoms with E-state index < -0.39 is 10.0 Å². The lowest BCUT2D eigenvalue weighted by Crippen LogP contribution is -2.44. The molecule has 3 aliphatic rings. The number of benzene rings is 1. The van der Waals surface area contributed by atoms with E-state index in [9.17, 15) is 13.2 Å². The molecule has 0 N–H and O–H groups in total. The van der Waals surface area contributed by atoms with Crippen molar-refractivity contribution in [2.24, 2.45) is 0 Å². The zero-order chi connectivity index (χ0) is 21.1. The van der Waals surface area contributed by atoms with Crippen LogP contribution in [0.3, 0.4) is 0 Å². The van der Waals surface area contributed by atoms with Crippen molar-refractivity contribution in [3.05, 3.63) is 29.3 Å². The Morgan fingerprint density at radius 3 is 2.60 bits per heavy atom. The molecule has 0 spiro atoms. The van der Waals surface area contributed by atoms with E-state index in [4.69, 9.17) is 4.74 Å². The molecule has 2 saturated heterocycles. The maximum Gasteiger partial charge on any atom is 0.243 e. The molecule has 1 aliphatic carbocycles. The first-order valence-electron chi connectivity index (χ1n) is 11.1. The Kier molecular flexibility index (Phi) is 6.77. The largest absolute Gasteiger partial charge is 0.383 e. The maximum atomic E-state index is 13.3. The number of aryl methyl sites for hydroxylation is 2. The first kappa shape index (κ1) is 21.7. The number of rotatable bonds is 6. The summed E-state index contributed by atoms with van der Waals surface area (Å²) < 4.78 is 33.3. The molecule has 0 radical (unpaired) electrons. The summed E-state index contributed by atoms with van der Waals surface area (Å²) >= 11 is 0. The minimum absolute atomic E-state index is 0.131. The van der Waals surface area contributed by atoms with Gasteiger partial charge in [0.25, 0.3) is 0 Å². The number of amides is 1. The van der Waals surface area contributed by atoms with E-state index in [1.165, 1.54) is 17.5 Å². The van der Waals surface area contributed by atoms with Crippen molar-refractivity contribution in [2.45, 2.75) is 49.5 Å². The molecule has 1 atom stereocenters. The van der Waals surface area contributed by atoms with Crippen LogP contribution < -0.4 is 0 Å². The normalized spacial score (nSPS) is 24.1. The van der Waals surface area contributed by atoms with Crippen molar-refractivity contribution in [1.29, 1.82) is 0 Å². The molecule has 0 aromatic heterocycles. The van der Waals surface area contributed by atoms with Gasteiger partial charge in [0.15, 0.2) is 0 Å². The van der Waals surface area contributed by atoms with Gasteiger partial charge in [-0.3, -0.25) is 9.69 Å². The average Bonchev–Trinajstić information content (AvgIpc) is 2.96. The molecule has 0 bridgehead atoms. The molecule has 2 heterocycles. The average molecular weight is 436 g/mol. The Hall–Kier alpha value is -1.48. The van der Waals surface area contributed by atoms with Crippen LogP contribution in [0.5, 0.6) is 0 Å². The van der Waals surface area contributed by atoms with Gasteiger partial charge in [0.2, 0.25) is 15.9 Å². The summed E-state index contributed by atoms with van der Waals surface area (Å²) in [7, 11) is -1.86. The third-order valence-electron chi connectivity index (χ3n) is 6.72. The van der Waals surface area contributed by atoms with E-state index in [-0.39, 0.29) is 11.9 Å². The van der Waals surface area contributed by atoms with Crippen LogP contribution in [0.15, 0.2) is 23.1 Å². The van der Waals surface area contributed by atoms with Crippen LogP contribution in [-0.2, 0) is 32.4 Å². The smallest absolute Gasteiger partial charge is 0.243 e. The predicted molar refractivity (Wildman–Crippen MR) is 115 cm³/mol. The fourth-order valence-electron chi connectivity index (χ4n) is 4.97. The van der Waals surface area contributed by atoms with Crippen molar-refractivity contribution >= 4 is 15.9 Å². The summed E-state index contributed by atoms with van der Waals surface area (Å²) in [6, 6.07) is 5.53. The quantitative estimate of drug-likeness (QED) is 0.678. The highest BCUT2D eigenvalue weighted by Gasteiger charge is 2.37. The maximum absolute atomic E-state index is 13.3. The lowest BCUT2D eigenvalue weighted by Gasteiger charge is -2.26. The first-order chi connectivity index (χ1) is 14.5. The van der Waals surface area contributed by atoms with E-state index in [1.807, 2.05) is 17.0 Å². The van der Waals surface area contributed by atoms with Crippen LogP contribution in [0.2, 0.25) is 0 Å². The Labute approximate surface area is 180 Å². The second-order valence-corrected chi connectivity index (χ2v) is 10.5. The monoisotopic (exact) mass is 435 g/mol. The molecular formula is C22H33N3O4S. The van der Waals surface area contributed by atoms with Gasteiger partial charge in [0, 0.05) is 46.4 Å². The summed E-state index contributed by atoms with van der Waals surface area (Å²) in [5.74, 6) is 0.151. The van der Waals surface area contributed by atoms with E-state index in [0.29, 0.717) is 37.7 Å². The minimum atomic E-state index is -3.51. The molecule has 8 heteroatoms. The summed E-state index contributed by atoms with van der Waals surface area (Å²) in [6.07, 6.45) is 5.88. The minimum Gasteiger partial charge on any atom is -0.383 e. The van der Waals surface area contributed by atoms with Crippen molar-refractivity contribution in [3.63, 3.8) is 0 Å². The van der Waals surface area contributed by atoms with Gasteiger partial charge < -0.3 is 9.64 Å². The van der Waals surface area contributed by atoms with Crippen LogP contribution in [0.25, 0.3) is 0 Å². The predicted octanol–water partition coefficient (Wildman–Crippen LogP) is 1.51. The second-order valence-electron chi connectivity index (χ2n) is 8.55. The highest BCUT2D eigenvalue weighted by atomic mass is 32.2. The summed E-state index contributed by atoms with van der Waals surface area (Å²) in [5.41, 5.74) is 2.48. The number of carbonyl (C=O) groups excluding carboxylic acids is 1. The molecule has 30 heavy (non-hydrogen) atoms. The highest BCUT2D eigenvalue weighted by Crippen LogP contribution is 2.27. The molecule has 1 aromatic rings. The lowest BCUT2D eigenvalue weighted by atomic mass is 9.92. The van der Waals surface area contributed by atoms with Gasteiger partial charge in [0.1, 0.15) is 0 Å². The topological polar surface area (TPSA) is 70.2 Å². The third-order valence-corrected chi connectivity index (χ3v) is 8.62. The van der Waals surface area contributed by atoms with E-state index >= 15 is 0 Å². The lowest BCUT2D eigenvalue weighted by molar-refractivity contribution is -0.132. The third kappa shape index (κ3) is 4.42. The van der Waals surface area contributed by atoms with Crippen molar-refractivity contribution in [1.82, 2.24) is 14.1 Å². The SMILES string of the molecule is COCCN1CC[C@@H](N2CCCN(S(=O)(=O)c3ccc4c(c3)CCCC4)CC2)C1=O. The number of hydrogen-bond acceptors (Lipinski definition) is 5. The Morgan fingerprint density at radius 1 is 1.00 bits per heavy atom. The Morgan fingerprint density at radius 2 is 1.80 bits per heavy atom. The van der Waals surface area contributed by atoms with Crippen LogP contribution in [0.4, 0.5) is 0 Å². The molecule has 2 fully saturated rings. The first-order valence-corrected chi connectivity index (χ1v) is 12.6. The highest BCUT2D eigenvalue weighted by molar-refractivity contribution is 7.89. The fourth-order valence-corrected chi connectivity index (χ4v) is 6.49. The molecule has 1 amide bonds. The van der Waals surface area contributed by atoms with Crippen LogP contribution in [0.1, 0.15) is 36.8 Å². The van der Waals surface area contributed by atoms with Crippen molar-refractivity contribution in [2.75, 3.05) is 53.0 Å². The molecule has 7 nitrogen and oxygen atoms in total. The Balaban J connectivity index is 1.42. The van der Waals surface area contributed by atoms with Gasteiger partial charge in [-0.15, -0.1) is 0 Å². The van der Waals surface area contributed by atoms with Gasteiger partial charge in [-0.1, -0.05) is 6.07 Å². The fraction of sp³-hybridized carbons (Fsp3) is 0.682. The standard InChI is InChI=1S/C22H33N3O4S/c1-29-16-15-24-12-9-21(22(24)26)23-10-4-11-25(14-13-23)30(27,28)20-8-7-18-5-2-3-6-19(18)17-20/h7-8,17,21H,2-6,9-16H2,1H3/t21-/m1/s1. The van der Waals surface area contributed by atoms with Crippen molar-refractivity contribution < 1.29 is 17.9 Å². The number of methoxy groups -OCH3 is 1. The number of likely N-dealkylation sites (tertiary alicyclic amines) is 1. The zero-order valence-corrected chi connectivity index (χ0v) is 18.7. The van der Waals surface area contributed by atoms with E-state index in [0.717, 1.165) is 45.2 Å². The molecule has 0 unspecified atom stereocenters. The molecule has 2 aliphatic heterocycles. The second kappa shape index (κ2) is 9.34. The molecule has 166 valence electrons. The number of sulfonamides is 1.